The lowest BCUT2D eigenvalue weighted by atomic mass is 10.0. The summed E-state index contributed by atoms with van der Waals surface area (Å²) in [7, 11) is 1.95. The zero-order valence-corrected chi connectivity index (χ0v) is 10.3. The van der Waals surface area contributed by atoms with E-state index in [1.54, 1.807) is 11.3 Å². The van der Waals surface area contributed by atoms with Crippen molar-refractivity contribution in [1.82, 2.24) is 20.5 Å². The third-order valence-corrected chi connectivity index (χ3v) is 3.91. The summed E-state index contributed by atoms with van der Waals surface area (Å²) in [5.74, 6) is 1.95. The maximum Gasteiger partial charge on any atom is 0.191 e. The Morgan fingerprint density at radius 1 is 1.53 bits per heavy atom. The van der Waals surface area contributed by atoms with Gasteiger partial charge in [0.25, 0.3) is 0 Å². The van der Waals surface area contributed by atoms with Crippen LogP contribution in [0.4, 0.5) is 0 Å². The molecule has 0 radical (unpaired) electrons. The van der Waals surface area contributed by atoms with Crippen LogP contribution in [0.2, 0.25) is 0 Å². The molecule has 2 atom stereocenters. The van der Waals surface area contributed by atoms with E-state index in [1.165, 1.54) is 0 Å². The zero-order valence-electron chi connectivity index (χ0n) is 9.51. The predicted octanol–water partition coefficient (Wildman–Crippen LogP) is 1.23. The van der Waals surface area contributed by atoms with Crippen molar-refractivity contribution in [2.45, 2.75) is 12.0 Å². The smallest absolute Gasteiger partial charge is 0.191 e. The summed E-state index contributed by atoms with van der Waals surface area (Å²) >= 11 is 1.65. The third kappa shape index (κ3) is 1.99. The summed E-state index contributed by atoms with van der Waals surface area (Å²) in [6, 6.07) is 4.35. The minimum absolute atomic E-state index is 0.265. The largest absolute Gasteiger partial charge is 0.379 e. The van der Waals surface area contributed by atoms with Gasteiger partial charge in [-0.1, -0.05) is 6.07 Å². The maximum atomic E-state index is 5.47. The van der Waals surface area contributed by atoms with E-state index in [4.69, 9.17) is 4.74 Å². The number of aromatic amines is 1. The van der Waals surface area contributed by atoms with Gasteiger partial charge in [-0.2, -0.15) is 5.10 Å². The first-order valence-electron chi connectivity index (χ1n) is 5.59. The van der Waals surface area contributed by atoms with Gasteiger partial charge in [-0.05, 0) is 18.5 Å². The summed E-state index contributed by atoms with van der Waals surface area (Å²) in [6.45, 7) is 1.43. The van der Waals surface area contributed by atoms with Crippen molar-refractivity contribution in [3.63, 3.8) is 0 Å². The predicted molar refractivity (Wildman–Crippen MR) is 66.1 cm³/mol. The molecule has 2 aromatic rings. The molecule has 2 unspecified atom stereocenters. The van der Waals surface area contributed by atoms with Gasteiger partial charge in [0.1, 0.15) is 5.82 Å². The third-order valence-electron chi connectivity index (χ3n) is 3.05. The number of nitrogens with zero attached hydrogens (tertiary/aromatic N) is 2. The van der Waals surface area contributed by atoms with Crippen molar-refractivity contribution in [2.24, 2.45) is 0 Å². The number of thiophene rings is 1. The van der Waals surface area contributed by atoms with Crippen LogP contribution >= 0.6 is 11.3 Å². The van der Waals surface area contributed by atoms with E-state index in [-0.39, 0.29) is 5.92 Å². The molecule has 0 saturated carbocycles. The van der Waals surface area contributed by atoms with E-state index in [2.05, 4.69) is 20.5 Å². The van der Waals surface area contributed by atoms with Crippen molar-refractivity contribution < 1.29 is 4.74 Å². The van der Waals surface area contributed by atoms with E-state index < -0.39 is 0 Å². The highest BCUT2D eigenvalue weighted by molar-refractivity contribution is 7.13. The van der Waals surface area contributed by atoms with E-state index in [9.17, 15) is 0 Å². The Balaban J connectivity index is 1.85. The van der Waals surface area contributed by atoms with Gasteiger partial charge in [-0.3, -0.25) is 5.10 Å². The Kier molecular flexibility index (Phi) is 2.92. The normalized spacial score (nSPS) is 24.3. The fourth-order valence-electron chi connectivity index (χ4n) is 2.06. The quantitative estimate of drug-likeness (QED) is 0.860. The monoisotopic (exact) mass is 250 g/mol. The summed E-state index contributed by atoms with van der Waals surface area (Å²) in [5, 5.41) is 12.6. The van der Waals surface area contributed by atoms with Crippen molar-refractivity contribution in [1.29, 1.82) is 0 Å². The van der Waals surface area contributed by atoms with Crippen LogP contribution in [-0.2, 0) is 4.74 Å². The molecule has 90 valence electrons. The number of aromatic nitrogens is 3. The van der Waals surface area contributed by atoms with Gasteiger partial charge in [0, 0.05) is 6.04 Å². The molecule has 5 nitrogen and oxygen atoms in total. The molecule has 2 aromatic heterocycles. The number of ether oxygens (including phenoxy) is 1. The summed E-state index contributed by atoms with van der Waals surface area (Å²) in [5.41, 5.74) is 0. The fourth-order valence-corrected chi connectivity index (χ4v) is 2.72. The molecule has 1 saturated heterocycles. The lowest BCUT2D eigenvalue weighted by molar-refractivity contribution is 0.188. The van der Waals surface area contributed by atoms with Gasteiger partial charge in [0.05, 0.1) is 24.0 Å². The van der Waals surface area contributed by atoms with Crippen molar-refractivity contribution in [3.05, 3.63) is 23.3 Å². The molecule has 0 bridgehead atoms. The molecule has 1 fully saturated rings. The summed E-state index contributed by atoms with van der Waals surface area (Å²) < 4.78 is 5.47. The Labute approximate surface area is 103 Å². The maximum absolute atomic E-state index is 5.47. The van der Waals surface area contributed by atoms with Crippen molar-refractivity contribution in [2.75, 3.05) is 20.3 Å². The van der Waals surface area contributed by atoms with E-state index in [1.807, 2.05) is 24.6 Å². The zero-order chi connectivity index (χ0) is 11.7. The van der Waals surface area contributed by atoms with Crippen molar-refractivity contribution in [3.8, 4) is 10.7 Å². The van der Waals surface area contributed by atoms with Crippen LogP contribution in [0.1, 0.15) is 11.7 Å². The van der Waals surface area contributed by atoms with Crippen LogP contribution in [0.15, 0.2) is 17.5 Å². The lowest BCUT2D eigenvalue weighted by Crippen LogP contribution is -2.31. The summed E-state index contributed by atoms with van der Waals surface area (Å²) in [6.07, 6.45) is 0. The second-order valence-electron chi connectivity index (χ2n) is 4.06. The molecular weight excluding hydrogens is 236 g/mol. The van der Waals surface area contributed by atoms with Gasteiger partial charge in [0.15, 0.2) is 5.82 Å². The van der Waals surface area contributed by atoms with Gasteiger partial charge < -0.3 is 10.1 Å². The first-order valence-corrected chi connectivity index (χ1v) is 6.47. The molecule has 0 amide bonds. The van der Waals surface area contributed by atoms with Gasteiger partial charge in [0.2, 0.25) is 0 Å². The molecular formula is C11H14N4OS. The molecule has 0 spiro atoms. The van der Waals surface area contributed by atoms with Crippen molar-refractivity contribution >= 4 is 11.3 Å². The number of rotatable bonds is 3. The number of hydrogen-bond acceptors (Lipinski definition) is 5. The molecule has 6 heteroatoms. The van der Waals surface area contributed by atoms with Gasteiger partial charge in [-0.25, -0.2) is 4.98 Å². The van der Waals surface area contributed by atoms with Crippen LogP contribution < -0.4 is 5.32 Å². The second kappa shape index (κ2) is 4.56. The van der Waals surface area contributed by atoms with Crippen LogP contribution in [0.3, 0.4) is 0 Å². The molecule has 0 aromatic carbocycles. The van der Waals surface area contributed by atoms with E-state index in [0.29, 0.717) is 12.6 Å². The molecule has 2 N–H and O–H groups in total. The minimum Gasteiger partial charge on any atom is -0.379 e. The number of H-pyrrole nitrogens is 1. The number of nitrogens with one attached hydrogen (secondary N) is 2. The highest BCUT2D eigenvalue weighted by Gasteiger charge is 2.31. The molecule has 1 aliphatic heterocycles. The molecule has 0 aliphatic carbocycles. The first kappa shape index (κ1) is 10.9. The van der Waals surface area contributed by atoms with Crippen LogP contribution in [0, 0.1) is 0 Å². The summed E-state index contributed by atoms with van der Waals surface area (Å²) in [4.78, 5) is 5.65. The first-order chi connectivity index (χ1) is 8.38. The van der Waals surface area contributed by atoms with Gasteiger partial charge in [-0.15, -0.1) is 11.3 Å². The van der Waals surface area contributed by atoms with E-state index >= 15 is 0 Å². The fraction of sp³-hybridized carbons (Fsp3) is 0.455. The lowest BCUT2D eigenvalue weighted by Gasteiger charge is -2.13. The Bertz CT molecular complexity index is 481. The minimum atomic E-state index is 0.265. The highest BCUT2D eigenvalue weighted by Crippen LogP contribution is 2.26. The second-order valence-corrected chi connectivity index (χ2v) is 5.01. The standard InChI is InChI=1S/C11H14N4OS/c1-12-8-6-16-5-7(8)10-13-11(15-14-10)9-3-2-4-17-9/h2-4,7-8,12H,5-6H2,1H3,(H,13,14,15). The average Bonchev–Trinajstić information content (AvgIpc) is 3.09. The van der Waals surface area contributed by atoms with Crippen LogP contribution in [-0.4, -0.2) is 41.5 Å². The SMILES string of the molecule is CNC1COCC1c1nc(-c2cccs2)n[nH]1. The molecule has 1 aliphatic rings. The Morgan fingerprint density at radius 3 is 3.24 bits per heavy atom. The highest BCUT2D eigenvalue weighted by atomic mass is 32.1. The Morgan fingerprint density at radius 2 is 2.47 bits per heavy atom. The van der Waals surface area contributed by atoms with Crippen LogP contribution in [0.5, 0.6) is 0 Å². The topological polar surface area (TPSA) is 62.8 Å². The Hall–Kier alpha value is -1.24. The molecule has 3 rings (SSSR count). The molecule has 17 heavy (non-hydrogen) atoms. The number of likely N-dealkylation sites (N-methyl/N-ethyl adjacent to an activating group) is 1. The number of hydrogen-bond donors (Lipinski definition) is 2. The van der Waals surface area contributed by atoms with E-state index in [0.717, 1.165) is 23.1 Å². The van der Waals surface area contributed by atoms with Gasteiger partial charge >= 0.3 is 0 Å². The van der Waals surface area contributed by atoms with Crippen LogP contribution in [0.25, 0.3) is 10.7 Å². The molecule has 3 heterocycles. The average molecular weight is 250 g/mol.